The average Bonchev–Trinajstić information content (AvgIpc) is 3.37. The molecule has 1 aliphatic heterocycles. The summed E-state index contributed by atoms with van der Waals surface area (Å²) < 4.78 is 0. The van der Waals surface area contributed by atoms with E-state index in [1.54, 1.807) is 0 Å². The molecule has 0 bridgehead atoms. The Balaban J connectivity index is 1.36. The van der Waals surface area contributed by atoms with E-state index in [2.05, 4.69) is 16.3 Å². The number of nitriles is 1. The van der Waals surface area contributed by atoms with Gasteiger partial charge in [0.25, 0.3) is 0 Å². The predicted octanol–water partition coefficient (Wildman–Crippen LogP) is 1.91. The van der Waals surface area contributed by atoms with Gasteiger partial charge in [0.1, 0.15) is 5.54 Å². The van der Waals surface area contributed by atoms with Crippen LogP contribution in [0.4, 0.5) is 0 Å². The molecule has 1 unspecified atom stereocenters. The number of nitrogens with zero attached hydrogens (tertiary/aromatic N) is 3. The SMILES string of the molecule is CC(C#N)(NC(=O)CN1CCN(C(=O)CCC2CCCC2)CC1)C1CC1. The topological polar surface area (TPSA) is 76.4 Å². The van der Waals surface area contributed by atoms with Gasteiger partial charge in [0.05, 0.1) is 12.6 Å². The van der Waals surface area contributed by atoms with Crippen LogP contribution in [0.3, 0.4) is 0 Å². The summed E-state index contributed by atoms with van der Waals surface area (Å²) >= 11 is 0. The van der Waals surface area contributed by atoms with E-state index in [4.69, 9.17) is 0 Å². The van der Waals surface area contributed by atoms with Gasteiger partial charge in [0.2, 0.25) is 11.8 Å². The monoisotopic (exact) mass is 360 g/mol. The highest BCUT2D eigenvalue weighted by Crippen LogP contribution is 2.39. The second-order valence-electron chi connectivity index (χ2n) is 8.48. The maximum absolute atomic E-state index is 12.4. The minimum atomic E-state index is -0.727. The molecule has 0 spiro atoms. The molecule has 2 amide bonds. The van der Waals surface area contributed by atoms with Gasteiger partial charge in [-0.15, -0.1) is 0 Å². The summed E-state index contributed by atoms with van der Waals surface area (Å²) in [5, 5.41) is 12.3. The first-order chi connectivity index (χ1) is 12.5. The van der Waals surface area contributed by atoms with E-state index >= 15 is 0 Å². The number of nitrogens with one attached hydrogen (secondary N) is 1. The smallest absolute Gasteiger partial charge is 0.235 e. The Morgan fingerprint density at radius 3 is 2.35 bits per heavy atom. The van der Waals surface area contributed by atoms with Crippen molar-refractivity contribution in [3.8, 4) is 6.07 Å². The number of hydrogen-bond acceptors (Lipinski definition) is 4. The Bertz CT molecular complexity index is 555. The van der Waals surface area contributed by atoms with Gasteiger partial charge in [-0.3, -0.25) is 14.5 Å². The van der Waals surface area contributed by atoms with Crippen molar-refractivity contribution in [2.75, 3.05) is 32.7 Å². The van der Waals surface area contributed by atoms with Gasteiger partial charge in [-0.05, 0) is 38.0 Å². The van der Waals surface area contributed by atoms with E-state index in [1.807, 2.05) is 11.8 Å². The Labute approximate surface area is 156 Å². The molecule has 26 heavy (non-hydrogen) atoms. The molecule has 3 aliphatic rings. The minimum absolute atomic E-state index is 0.0815. The van der Waals surface area contributed by atoms with Crippen molar-refractivity contribution in [2.45, 2.75) is 63.8 Å². The summed E-state index contributed by atoms with van der Waals surface area (Å²) in [5.74, 6) is 1.24. The van der Waals surface area contributed by atoms with Gasteiger partial charge >= 0.3 is 0 Å². The van der Waals surface area contributed by atoms with E-state index < -0.39 is 5.54 Å². The molecule has 0 aromatic heterocycles. The molecular formula is C20H32N4O2. The van der Waals surface area contributed by atoms with Gasteiger partial charge < -0.3 is 10.2 Å². The number of rotatable bonds is 7. The molecule has 1 atom stereocenters. The Hall–Kier alpha value is -1.61. The lowest BCUT2D eigenvalue weighted by atomic mass is 9.98. The van der Waals surface area contributed by atoms with Crippen molar-refractivity contribution in [3.05, 3.63) is 0 Å². The van der Waals surface area contributed by atoms with Gasteiger partial charge in [-0.25, -0.2) is 0 Å². The van der Waals surface area contributed by atoms with Crippen molar-refractivity contribution < 1.29 is 9.59 Å². The summed E-state index contributed by atoms with van der Waals surface area (Å²) in [7, 11) is 0. The van der Waals surface area contributed by atoms with Crippen LogP contribution in [0.2, 0.25) is 0 Å². The lowest BCUT2D eigenvalue weighted by Gasteiger charge is -2.35. The Morgan fingerprint density at radius 2 is 1.77 bits per heavy atom. The second kappa shape index (κ2) is 8.39. The van der Waals surface area contributed by atoms with Crippen molar-refractivity contribution in [1.29, 1.82) is 5.26 Å². The van der Waals surface area contributed by atoms with Crippen LogP contribution in [-0.4, -0.2) is 59.9 Å². The van der Waals surface area contributed by atoms with Gasteiger partial charge in [-0.2, -0.15) is 5.26 Å². The molecule has 144 valence electrons. The standard InChI is InChI=1S/C20H32N4O2/c1-20(15-21,17-7-8-17)22-18(25)14-23-10-12-24(13-11-23)19(26)9-6-16-4-2-3-5-16/h16-17H,2-14H2,1H3,(H,22,25). The first kappa shape index (κ1) is 19.2. The van der Waals surface area contributed by atoms with Gasteiger partial charge in [0, 0.05) is 32.6 Å². The summed E-state index contributed by atoms with van der Waals surface area (Å²) in [6, 6.07) is 2.26. The zero-order valence-electron chi connectivity index (χ0n) is 16.0. The third kappa shape index (κ3) is 4.97. The third-order valence-corrected chi connectivity index (χ3v) is 6.36. The molecule has 2 aliphatic carbocycles. The minimum Gasteiger partial charge on any atom is -0.340 e. The number of hydrogen-bond donors (Lipinski definition) is 1. The molecule has 0 aromatic rings. The van der Waals surface area contributed by atoms with Crippen LogP contribution in [-0.2, 0) is 9.59 Å². The highest BCUT2D eigenvalue weighted by atomic mass is 16.2. The predicted molar refractivity (Wildman–Crippen MR) is 99.1 cm³/mol. The van der Waals surface area contributed by atoms with Crippen LogP contribution in [0.1, 0.15) is 58.3 Å². The first-order valence-corrected chi connectivity index (χ1v) is 10.2. The quantitative estimate of drug-likeness (QED) is 0.752. The Kier molecular flexibility index (Phi) is 6.18. The fraction of sp³-hybridized carbons (Fsp3) is 0.850. The van der Waals surface area contributed by atoms with Crippen molar-refractivity contribution >= 4 is 11.8 Å². The highest BCUT2D eigenvalue weighted by Gasteiger charge is 2.43. The molecule has 2 saturated carbocycles. The fourth-order valence-corrected chi connectivity index (χ4v) is 4.35. The van der Waals surface area contributed by atoms with E-state index in [0.717, 1.165) is 38.3 Å². The molecule has 3 rings (SSSR count). The zero-order chi connectivity index (χ0) is 18.6. The lowest BCUT2D eigenvalue weighted by Crippen LogP contribution is -2.54. The first-order valence-electron chi connectivity index (χ1n) is 10.2. The normalized spacial score (nSPS) is 24.1. The summed E-state index contributed by atoms with van der Waals surface area (Å²) in [6.07, 6.45) is 8.98. The zero-order valence-corrected chi connectivity index (χ0v) is 16.0. The van der Waals surface area contributed by atoms with Crippen LogP contribution in [0.15, 0.2) is 0 Å². The molecule has 6 nitrogen and oxygen atoms in total. The molecule has 6 heteroatoms. The van der Waals surface area contributed by atoms with Crippen LogP contribution >= 0.6 is 0 Å². The number of amides is 2. The summed E-state index contributed by atoms with van der Waals surface area (Å²) in [5.41, 5.74) is -0.727. The van der Waals surface area contributed by atoms with Crippen LogP contribution < -0.4 is 5.32 Å². The van der Waals surface area contributed by atoms with Crippen LogP contribution in [0, 0.1) is 23.2 Å². The van der Waals surface area contributed by atoms with Crippen molar-refractivity contribution in [3.63, 3.8) is 0 Å². The fourth-order valence-electron chi connectivity index (χ4n) is 4.35. The molecule has 1 saturated heterocycles. The highest BCUT2D eigenvalue weighted by molar-refractivity contribution is 5.79. The van der Waals surface area contributed by atoms with E-state index in [1.165, 1.54) is 25.7 Å². The van der Waals surface area contributed by atoms with E-state index in [-0.39, 0.29) is 11.8 Å². The number of carbonyl (C=O) groups excluding carboxylic acids is 2. The summed E-state index contributed by atoms with van der Waals surface area (Å²) in [4.78, 5) is 28.7. The lowest BCUT2D eigenvalue weighted by molar-refractivity contribution is -0.133. The molecule has 1 N–H and O–H groups in total. The number of carbonyl (C=O) groups is 2. The number of piperazine rings is 1. The molecule has 0 radical (unpaired) electrons. The maximum Gasteiger partial charge on any atom is 0.235 e. The van der Waals surface area contributed by atoms with E-state index in [9.17, 15) is 14.9 Å². The molecule has 0 aromatic carbocycles. The van der Waals surface area contributed by atoms with Crippen molar-refractivity contribution in [2.24, 2.45) is 11.8 Å². The Morgan fingerprint density at radius 1 is 1.12 bits per heavy atom. The van der Waals surface area contributed by atoms with E-state index in [0.29, 0.717) is 32.0 Å². The van der Waals surface area contributed by atoms with Crippen molar-refractivity contribution in [1.82, 2.24) is 15.1 Å². The average molecular weight is 361 g/mol. The third-order valence-electron chi connectivity index (χ3n) is 6.36. The molecular weight excluding hydrogens is 328 g/mol. The second-order valence-corrected chi connectivity index (χ2v) is 8.48. The van der Waals surface area contributed by atoms with Crippen LogP contribution in [0.25, 0.3) is 0 Å². The van der Waals surface area contributed by atoms with Crippen LogP contribution in [0.5, 0.6) is 0 Å². The van der Waals surface area contributed by atoms with Gasteiger partial charge in [-0.1, -0.05) is 25.7 Å². The maximum atomic E-state index is 12.4. The van der Waals surface area contributed by atoms with Gasteiger partial charge in [0.15, 0.2) is 0 Å². The largest absolute Gasteiger partial charge is 0.340 e. The summed E-state index contributed by atoms with van der Waals surface area (Å²) in [6.45, 7) is 5.01. The molecule has 1 heterocycles. The molecule has 3 fully saturated rings.